The second-order valence-electron chi connectivity index (χ2n) is 7.19. The number of nitrogens with one attached hydrogen (secondary N) is 1. The molecule has 3 aromatic rings. The molecular weight excluding hydrogens is 449 g/mol. The summed E-state index contributed by atoms with van der Waals surface area (Å²) in [5.74, 6) is -1.23. The van der Waals surface area contributed by atoms with E-state index in [1.54, 1.807) is 61.9 Å². The predicted molar refractivity (Wildman–Crippen MR) is 124 cm³/mol. The minimum atomic E-state index is -0.460. The molecule has 0 fully saturated rings. The van der Waals surface area contributed by atoms with Crippen LogP contribution in [0.25, 0.3) is 6.08 Å². The fourth-order valence-electron chi connectivity index (χ4n) is 3.37. The van der Waals surface area contributed by atoms with Crippen molar-refractivity contribution in [3.05, 3.63) is 98.8 Å². The van der Waals surface area contributed by atoms with Gasteiger partial charge in [-0.2, -0.15) is 0 Å². The molecule has 2 aromatic carbocycles. The summed E-state index contributed by atoms with van der Waals surface area (Å²) in [5, 5.41) is 3.51. The number of hydrogen-bond acceptors (Lipinski definition) is 4. The quantitative estimate of drug-likeness (QED) is 0.452. The Balaban J connectivity index is 1.64. The molecule has 1 N–H and O–H groups in total. The Kier molecular flexibility index (Phi) is 6.08. The van der Waals surface area contributed by atoms with Crippen molar-refractivity contribution >= 4 is 52.6 Å². The summed E-state index contributed by atoms with van der Waals surface area (Å²) in [6.45, 7) is 0.327. The molecule has 1 aromatic heterocycles. The van der Waals surface area contributed by atoms with Crippen LogP contribution in [0.4, 0.5) is 5.69 Å². The maximum absolute atomic E-state index is 13.2. The molecule has 2 amide bonds. The number of rotatable bonds is 4. The van der Waals surface area contributed by atoms with Crippen molar-refractivity contribution in [1.29, 1.82) is 0 Å². The van der Waals surface area contributed by atoms with Gasteiger partial charge in [0.25, 0.3) is 11.8 Å². The molecule has 0 radical (unpaired) electrons. The molecule has 0 aliphatic carbocycles. The predicted octanol–water partition coefficient (Wildman–Crippen LogP) is 4.56. The van der Waals surface area contributed by atoms with Gasteiger partial charge in [-0.3, -0.25) is 19.4 Å². The van der Waals surface area contributed by atoms with Crippen LogP contribution in [0, 0.1) is 0 Å². The summed E-state index contributed by atoms with van der Waals surface area (Å²) >= 11 is 12.0. The van der Waals surface area contributed by atoms with E-state index in [1.165, 1.54) is 17.0 Å². The third-order valence-electron chi connectivity index (χ3n) is 5.10. The van der Waals surface area contributed by atoms with E-state index < -0.39 is 11.7 Å². The molecule has 1 aliphatic heterocycles. The lowest BCUT2D eigenvalue weighted by Gasteiger charge is -2.27. The first-order valence-electron chi connectivity index (χ1n) is 9.66. The average Bonchev–Trinajstić information content (AvgIpc) is 2.81. The number of anilines is 1. The third kappa shape index (κ3) is 4.28. The Morgan fingerprint density at radius 2 is 1.78 bits per heavy atom. The van der Waals surface area contributed by atoms with Crippen LogP contribution in [0.3, 0.4) is 0 Å². The van der Waals surface area contributed by atoms with Crippen LogP contribution < -0.4 is 10.2 Å². The van der Waals surface area contributed by atoms with E-state index in [-0.39, 0.29) is 17.0 Å². The number of fused-ring (bicyclic) bond motifs is 1. The summed E-state index contributed by atoms with van der Waals surface area (Å²) in [7, 11) is 1.58. The van der Waals surface area contributed by atoms with Gasteiger partial charge in [0.15, 0.2) is 0 Å². The normalized spacial score (nSPS) is 14.5. The van der Waals surface area contributed by atoms with Crippen molar-refractivity contribution in [1.82, 2.24) is 10.3 Å². The monoisotopic (exact) mass is 465 g/mol. The highest BCUT2D eigenvalue weighted by atomic mass is 35.5. The highest BCUT2D eigenvalue weighted by Gasteiger charge is 2.33. The number of carbonyl (C=O) groups is 3. The van der Waals surface area contributed by atoms with Gasteiger partial charge in [0.1, 0.15) is 0 Å². The van der Waals surface area contributed by atoms with Gasteiger partial charge in [0, 0.05) is 37.1 Å². The van der Waals surface area contributed by atoms with Crippen LogP contribution >= 0.6 is 23.2 Å². The number of benzene rings is 2. The number of likely N-dealkylation sites (N-methyl/N-ethyl adjacent to an activating group) is 1. The summed E-state index contributed by atoms with van der Waals surface area (Å²) in [4.78, 5) is 44.0. The standard InChI is InChI=1S/C24H17Cl2N3O3/c1-29-21-5-3-16(23(31)28-13-14-6-8-27-9-7-14)12-17(21)22(30)18(24(29)32)10-15-2-4-19(25)20(26)11-15/h2-12H,13H2,1H3,(H,28,31)/b18-10-. The molecule has 8 heteroatoms. The minimum absolute atomic E-state index is 0.0206. The van der Waals surface area contributed by atoms with Gasteiger partial charge in [-0.05, 0) is 59.7 Å². The molecule has 0 bridgehead atoms. The number of pyridine rings is 1. The number of aromatic nitrogens is 1. The van der Waals surface area contributed by atoms with Crippen LogP contribution in [0.1, 0.15) is 31.8 Å². The SMILES string of the molecule is CN1C(=O)/C(=C\c2ccc(Cl)c(Cl)c2)C(=O)c2cc(C(=O)NCc3ccncc3)ccc21. The zero-order valence-electron chi connectivity index (χ0n) is 16.9. The molecule has 0 unspecified atom stereocenters. The van der Waals surface area contributed by atoms with Crippen molar-refractivity contribution in [2.45, 2.75) is 6.54 Å². The largest absolute Gasteiger partial charge is 0.348 e. The molecule has 2 heterocycles. The molecule has 32 heavy (non-hydrogen) atoms. The van der Waals surface area contributed by atoms with Gasteiger partial charge in [-0.15, -0.1) is 0 Å². The van der Waals surface area contributed by atoms with E-state index in [0.29, 0.717) is 33.4 Å². The second kappa shape index (κ2) is 8.94. The van der Waals surface area contributed by atoms with Gasteiger partial charge in [0.2, 0.25) is 5.78 Å². The summed E-state index contributed by atoms with van der Waals surface area (Å²) in [6, 6.07) is 13.1. The Morgan fingerprint density at radius 3 is 2.50 bits per heavy atom. The molecule has 0 spiro atoms. The number of amides is 2. The lowest BCUT2D eigenvalue weighted by Crippen LogP contribution is -2.37. The Hall–Kier alpha value is -3.48. The molecule has 0 atom stereocenters. The van der Waals surface area contributed by atoms with E-state index in [4.69, 9.17) is 23.2 Å². The second-order valence-corrected chi connectivity index (χ2v) is 8.01. The van der Waals surface area contributed by atoms with Crippen molar-refractivity contribution in [2.24, 2.45) is 0 Å². The maximum atomic E-state index is 13.2. The van der Waals surface area contributed by atoms with E-state index >= 15 is 0 Å². The maximum Gasteiger partial charge on any atom is 0.262 e. The average molecular weight is 466 g/mol. The summed E-state index contributed by atoms with van der Waals surface area (Å²) < 4.78 is 0. The topological polar surface area (TPSA) is 79.4 Å². The fraction of sp³-hybridized carbons (Fsp3) is 0.0833. The zero-order chi connectivity index (χ0) is 22.8. The first kappa shape index (κ1) is 21.7. The van der Waals surface area contributed by atoms with Crippen LogP contribution in [0.2, 0.25) is 10.0 Å². The number of halogens is 2. The van der Waals surface area contributed by atoms with Crippen molar-refractivity contribution in [2.75, 3.05) is 11.9 Å². The van der Waals surface area contributed by atoms with Gasteiger partial charge in [-0.25, -0.2) is 0 Å². The number of carbonyl (C=O) groups excluding carboxylic acids is 3. The highest BCUT2D eigenvalue weighted by molar-refractivity contribution is 6.42. The number of Topliss-reactive ketones (excluding diaryl/α,β-unsaturated/α-hetero) is 1. The Morgan fingerprint density at radius 1 is 1.03 bits per heavy atom. The number of nitrogens with zero attached hydrogens (tertiary/aromatic N) is 2. The van der Waals surface area contributed by atoms with E-state index in [2.05, 4.69) is 10.3 Å². The van der Waals surface area contributed by atoms with Crippen LogP contribution in [0.5, 0.6) is 0 Å². The molecule has 4 rings (SSSR count). The van der Waals surface area contributed by atoms with E-state index in [0.717, 1.165) is 5.56 Å². The number of ketones is 1. The molecule has 1 aliphatic rings. The molecular formula is C24H17Cl2N3O3. The summed E-state index contributed by atoms with van der Waals surface area (Å²) in [5.41, 5.74) is 2.49. The first-order chi connectivity index (χ1) is 15.3. The zero-order valence-corrected chi connectivity index (χ0v) is 18.4. The highest BCUT2D eigenvalue weighted by Crippen LogP contribution is 2.32. The third-order valence-corrected chi connectivity index (χ3v) is 5.84. The van der Waals surface area contributed by atoms with Gasteiger partial charge >= 0.3 is 0 Å². The van der Waals surface area contributed by atoms with Crippen molar-refractivity contribution in [3.63, 3.8) is 0 Å². The fourth-order valence-corrected chi connectivity index (χ4v) is 3.67. The lowest BCUT2D eigenvalue weighted by atomic mass is 9.92. The van der Waals surface area contributed by atoms with Gasteiger partial charge < -0.3 is 10.2 Å². The minimum Gasteiger partial charge on any atom is -0.348 e. The molecule has 0 saturated carbocycles. The number of hydrogen-bond donors (Lipinski definition) is 1. The Bertz CT molecular complexity index is 1270. The smallest absolute Gasteiger partial charge is 0.262 e. The summed E-state index contributed by atoms with van der Waals surface area (Å²) in [6.07, 6.45) is 4.77. The molecule has 160 valence electrons. The van der Waals surface area contributed by atoms with Crippen LogP contribution in [-0.4, -0.2) is 29.6 Å². The van der Waals surface area contributed by atoms with Crippen molar-refractivity contribution in [3.8, 4) is 0 Å². The lowest BCUT2D eigenvalue weighted by molar-refractivity contribution is -0.114. The molecule has 0 saturated heterocycles. The van der Waals surface area contributed by atoms with Crippen molar-refractivity contribution < 1.29 is 14.4 Å². The molecule has 6 nitrogen and oxygen atoms in total. The Labute approximate surface area is 194 Å². The van der Waals surface area contributed by atoms with Gasteiger partial charge in [0.05, 0.1) is 21.3 Å². The van der Waals surface area contributed by atoms with E-state index in [9.17, 15) is 14.4 Å². The van der Waals surface area contributed by atoms with Crippen LogP contribution in [-0.2, 0) is 11.3 Å². The first-order valence-corrected chi connectivity index (χ1v) is 10.4. The van der Waals surface area contributed by atoms with Crippen LogP contribution in [0.15, 0.2) is 66.5 Å². The van der Waals surface area contributed by atoms with E-state index in [1.807, 2.05) is 0 Å². The van der Waals surface area contributed by atoms with Gasteiger partial charge in [-0.1, -0.05) is 29.3 Å².